The van der Waals surface area contributed by atoms with Crippen LogP contribution in [0.15, 0.2) is 12.1 Å². The lowest BCUT2D eigenvalue weighted by molar-refractivity contribution is 0.168. The van der Waals surface area contributed by atoms with E-state index in [9.17, 15) is 0 Å². The molecule has 0 unspecified atom stereocenters. The van der Waals surface area contributed by atoms with Crippen LogP contribution in [-0.4, -0.2) is 22.9 Å². The van der Waals surface area contributed by atoms with Crippen molar-refractivity contribution in [2.45, 2.75) is 27.7 Å². The molecule has 1 aromatic rings. The van der Waals surface area contributed by atoms with Gasteiger partial charge in [0.1, 0.15) is 0 Å². The molecule has 1 rings (SSSR count). The Kier molecular flexibility index (Phi) is 3.21. The summed E-state index contributed by atoms with van der Waals surface area (Å²) in [5, 5.41) is 9.11. The Hall–Kier alpha value is -0.960. The molecule has 0 aliphatic carbocycles. The molecule has 2 N–H and O–H groups in total. The summed E-state index contributed by atoms with van der Waals surface area (Å²) in [5.41, 5.74) is 5.61. The van der Waals surface area contributed by atoms with Gasteiger partial charge in [-0.15, -0.1) is 0 Å². The summed E-state index contributed by atoms with van der Waals surface area (Å²) in [4.78, 5) is 0. The van der Waals surface area contributed by atoms with E-state index < -0.39 is 0 Å². The van der Waals surface area contributed by atoms with E-state index in [-0.39, 0.29) is 12.0 Å². The second-order valence-electron chi connectivity index (χ2n) is 4.61. The smallest absolute Gasteiger partial charge is 0.0499 e. The summed E-state index contributed by atoms with van der Waals surface area (Å²) in [5.74, 6) is 0. The van der Waals surface area contributed by atoms with Gasteiger partial charge in [-0.05, 0) is 26.0 Å². The first-order valence-electron chi connectivity index (χ1n) is 4.96. The Bertz CT molecular complexity index is 283. The van der Waals surface area contributed by atoms with E-state index in [1.165, 1.54) is 11.4 Å². The molecule has 0 aromatic carbocycles. The highest BCUT2D eigenvalue weighted by atomic mass is 16.3. The molecule has 3 nitrogen and oxygen atoms in total. The first-order chi connectivity index (χ1) is 6.46. The van der Waals surface area contributed by atoms with Gasteiger partial charge >= 0.3 is 0 Å². The quantitative estimate of drug-likeness (QED) is 0.768. The molecule has 0 aliphatic heterocycles. The van der Waals surface area contributed by atoms with Crippen LogP contribution in [0.1, 0.15) is 25.2 Å². The van der Waals surface area contributed by atoms with Crippen LogP contribution in [-0.2, 0) is 0 Å². The van der Waals surface area contributed by atoms with Gasteiger partial charge in [-0.2, -0.15) is 0 Å². The lowest BCUT2D eigenvalue weighted by Gasteiger charge is -2.24. The van der Waals surface area contributed by atoms with E-state index in [4.69, 9.17) is 5.11 Å². The van der Waals surface area contributed by atoms with Gasteiger partial charge in [-0.25, -0.2) is 0 Å². The van der Waals surface area contributed by atoms with Crippen molar-refractivity contribution in [1.29, 1.82) is 0 Å². The topological polar surface area (TPSA) is 37.2 Å². The van der Waals surface area contributed by atoms with Crippen LogP contribution >= 0.6 is 0 Å². The van der Waals surface area contributed by atoms with E-state index in [0.29, 0.717) is 0 Å². The first kappa shape index (κ1) is 11.1. The maximum Gasteiger partial charge on any atom is 0.0499 e. The Morgan fingerprint density at radius 1 is 1.29 bits per heavy atom. The first-order valence-corrected chi connectivity index (χ1v) is 4.96. The summed E-state index contributed by atoms with van der Waals surface area (Å²) in [6.07, 6.45) is 0. The summed E-state index contributed by atoms with van der Waals surface area (Å²) in [7, 11) is 0. The molecule has 3 heteroatoms. The average Bonchev–Trinajstić information content (AvgIpc) is 2.44. The van der Waals surface area contributed by atoms with Gasteiger partial charge in [0.2, 0.25) is 0 Å². The fourth-order valence-electron chi connectivity index (χ4n) is 1.27. The minimum Gasteiger partial charge on any atom is -0.396 e. The molecule has 0 atom stereocenters. The molecule has 0 amide bonds. The van der Waals surface area contributed by atoms with E-state index in [0.717, 1.165) is 6.54 Å². The van der Waals surface area contributed by atoms with E-state index in [1.54, 1.807) is 0 Å². The van der Waals surface area contributed by atoms with Gasteiger partial charge in [-0.1, -0.05) is 13.8 Å². The molecule has 1 heterocycles. The standard InChI is InChI=1S/C11H20N2O/c1-9-5-6-10(2)13(9)12-7-11(3,4)8-14/h5-6,12,14H,7-8H2,1-4H3. The SMILES string of the molecule is Cc1ccc(C)n1NCC(C)(C)CO. The minimum absolute atomic E-state index is 0.0802. The molecular formula is C11H20N2O. The van der Waals surface area contributed by atoms with Gasteiger partial charge in [0.15, 0.2) is 0 Å². The molecule has 0 bridgehead atoms. The van der Waals surface area contributed by atoms with Crippen molar-refractivity contribution >= 4 is 0 Å². The van der Waals surface area contributed by atoms with Crippen LogP contribution < -0.4 is 5.43 Å². The van der Waals surface area contributed by atoms with E-state index in [2.05, 4.69) is 36.1 Å². The fourth-order valence-corrected chi connectivity index (χ4v) is 1.27. The maximum atomic E-state index is 9.11. The number of aryl methyl sites for hydroxylation is 2. The number of hydrogen-bond acceptors (Lipinski definition) is 2. The summed E-state index contributed by atoms with van der Waals surface area (Å²) in [6.45, 7) is 9.15. The van der Waals surface area contributed by atoms with Crippen LogP contribution in [0.4, 0.5) is 0 Å². The number of rotatable bonds is 4. The number of aliphatic hydroxyl groups is 1. The van der Waals surface area contributed by atoms with Crippen molar-refractivity contribution in [2.75, 3.05) is 18.6 Å². The van der Waals surface area contributed by atoms with Crippen molar-refractivity contribution in [3.63, 3.8) is 0 Å². The molecule has 0 spiro atoms. The third kappa shape index (κ3) is 2.51. The third-order valence-electron chi connectivity index (χ3n) is 2.41. The van der Waals surface area contributed by atoms with Gasteiger partial charge in [-0.3, -0.25) is 4.68 Å². The zero-order chi connectivity index (χ0) is 10.8. The van der Waals surface area contributed by atoms with E-state index >= 15 is 0 Å². The predicted molar refractivity (Wildman–Crippen MR) is 59.0 cm³/mol. The number of aliphatic hydroxyl groups excluding tert-OH is 1. The third-order valence-corrected chi connectivity index (χ3v) is 2.41. The minimum atomic E-state index is -0.0802. The van der Waals surface area contributed by atoms with Crippen molar-refractivity contribution in [3.8, 4) is 0 Å². The molecule has 0 fully saturated rings. The van der Waals surface area contributed by atoms with Crippen molar-refractivity contribution in [3.05, 3.63) is 23.5 Å². The molecule has 80 valence electrons. The molecule has 0 aliphatic rings. The highest BCUT2D eigenvalue weighted by molar-refractivity contribution is 5.15. The normalized spacial score (nSPS) is 11.8. The molecule has 0 saturated carbocycles. The van der Waals surface area contributed by atoms with E-state index in [1.807, 2.05) is 13.8 Å². The average molecular weight is 196 g/mol. The Balaban J connectivity index is 2.62. The highest BCUT2D eigenvalue weighted by Gasteiger charge is 2.16. The molecule has 1 aromatic heterocycles. The largest absolute Gasteiger partial charge is 0.396 e. The van der Waals surface area contributed by atoms with Gasteiger partial charge in [0.05, 0.1) is 0 Å². The van der Waals surface area contributed by atoms with Crippen LogP contribution in [0.3, 0.4) is 0 Å². The molecular weight excluding hydrogens is 176 g/mol. The number of nitrogens with one attached hydrogen (secondary N) is 1. The van der Waals surface area contributed by atoms with Crippen molar-refractivity contribution in [1.82, 2.24) is 4.68 Å². The number of nitrogens with zero attached hydrogens (tertiary/aromatic N) is 1. The van der Waals surface area contributed by atoms with Crippen LogP contribution in [0, 0.1) is 19.3 Å². The Morgan fingerprint density at radius 2 is 1.79 bits per heavy atom. The molecule has 0 saturated heterocycles. The number of aromatic nitrogens is 1. The van der Waals surface area contributed by atoms with Crippen LogP contribution in [0.25, 0.3) is 0 Å². The van der Waals surface area contributed by atoms with Crippen molar-refractivity contribution < 1.29 is 5.11 Å². The van der Waals surface area contributed by atoms with Gasteiger partial charge in [0, 0.05) is 30.0 Å². The summed E-state index contributed by atoms with van der Waals surface area (Å²) < 4.78 is 2.05. The maximum absolute atomic E-state index is 9.11. The zero-order valence-corrected chi connectivity index (χ0v) is 9.46. The summed E-state index contributed by atoms with van der Waals surface area (Å²) in [6, 6.07) is 4.16. The van der Waals surface area contributed by atoms with Crippen LogP contribution in [0.5, 0.6) is 0 Å². The molecule has 14 heavy (non-hydrogen) atoms. The lowest BCUT2D eigenvalue weighted by Crippen LogP contribution is -2.32. The monoisotopic (exact) mass is 196 g/mol. The lowest BCUT2D eigenvalue weighted by atomic mass is 9.95. The fraction of sp³-hybridized carbons (Fsp3) is 0.636. The highest BCUT2D eigenvalue weighted by Crippen LogP contribution is 2.13. The van der Waals surface area contributed by atoms with Crippen molar-refractivity contribution in [2.24, 2.45) is 5.41 Å². The second kappa shape index (κ2) is 4.05. The number of hydrogen-bond donors (Lipinski definition) is 2. The van der Waals surface area contributed by atoms with Crippen LogP contribution in [0.2, 0.25) is 0 Å². The second-order valence-corrected chi connectivity index (χ2v) is 4.61. The predicted octanol–water partition coefficient (Wildman–Crippen LogP) is 1.67. The Labute approximate surface area is 85.7 Å². The Morgan fingerprint density at radius 3 is 2.21 bits per heavy atom. The zero-order valence-electron chi connectivity index (χ0n) is 9.46. The summed E-state index contributed by atoms with van der Waals surface area (Å²) >= 11 is 0. The molecule has 0 radical (unpaired) electrons. The van der Waals surface area contributed by atoms with Gasteiger partial charge < -0.3 is 10.5 Å². The van der Waals surface area contributed by atoms with Gasteiger partial charge in [0.25, 0.3) is 0 Å².